The molecule has 3 aromatic rings. The standard InChI is InChI=1S/C29H33F2N7O3/c1-5-28(39)35-21-13-22(25(40-4)14-24(21)37-11-10-36(3)16-18(37)2)34-26-15-27(33-17-32-26)38-23(9-12-41-38)19-7-6-8-20(30)29(19)31/h5-8,13-15,17-18,23H,1,9-12,16H2,2-4H3,(H,35,39)(H,32,33,34)/t18-,23+/m0/s1. The predicted octanol–water partition coefficient (Wildman–Crippen LogP) is 4.65. The zero-order valence-electron chi connectivity index (χ0n) is 23.2. The molecule has 2 atom stereocenters. The Labute approximate surface area is 237 Å². The van der Waals surface area contributed by atoms with Crippen molar-refractivity contribution in [2.75, 3.05) is 61.0 Å². The van der Waals surface area contributed by atoms with Crippen molar-refractivity contribution in [3.8, 4) is 5.75 Å². The van der Waals surface area contributed by atoms with Crippen LogP contribution in [0.1, 0.15) is 24.9 Å². The Bertz CT molecular complexity index is 1440. The third kappa shape index (κ3) is 5.93. The number of aromatic nitrogens is 2. The molecule has 216 valence electrons. The van der Waals surface area contributed by atoms with Gasteiger partial charge in [0.1, 0.15) is 17.9 Å². The van der Waals surface area contributed by atoms with Gasteiger partial charge in [-0.1, -0.05) is 18.7 Å². The second-order valence-electron chi connectivity index (χ2n) is 10.1. The SMILES string of the molecule is C=CC(=O)Nc1cc(Nc2cc(N3OCC[C@@H]3c3cccc(F)c3F)ncn2)c(OC)cc1N1CCN(C)C[C@@H]1C. The molecule has 0 radical (unpaired) electrons. The van der Waals surface area contributed by atoms with Crippen molar-refractivity contribution in [2.45, 2.75) is 25.4 Å². The second-order valence-corrected chi connectivity index (χ2v) is 10.1. The van der Waals surface area contributed by atoms with E-state index in [4.69, 9.17) is 9.57 Å². The van der Waals surface area contributed by atoms with Crippen molar-refractivity contribution in [1.29, 1.82) is 0 Å². The normalized spacial score (nSPS) is 19.2. The van der Waals surface area contributed by atoms with Crippen LogP contribution in [0.4, 0.5) is 37.5 Å². The van der Waals surface area contributed by atoms with Gasteiger partial charge in [0.05, 0.1) is 36.8 Å². The number of rotatable bonds is 8. The van der Waals surface area contributed by atoms with Crippen molar-refractivity contribution in [3.05, 3.63) is 72.6 Å². The van der Waals surface area contributed by atoms with Crippen molar-refractivity contribution < 1.29 is 23.1 Å². The van der Waals surface area contributed by atoms with Crippen molar-refractivity contribution >= 4 is 34.6 Å². The molecule has 1 aromatic heterocycles. The third-order valence-corrected chi connectivity index (χ3v) is 7.29. The number of carbonyl (C=O) groups is 1. The number of methoxy groups -OCH3 is 1. The molecule has 2 N–H and O–H groups in total. The molecule has 3 heterocycles. The smallest absolute Gasteiger partial charge is 0.247 e. The van der Waals surface area contributed by atoms with E-state index in [1.807, 2.05) is 6.07 Å². The fourth-order valence-electron chi connectivity index (χ4n) is 5.28. The Balaban J connectivity index is 1.46. The van der Waals surface area contributed by atoms with Crippen molar-refractivity contribution in [3.63, 3.8) is 0 Å². The number of hydrogen-bond acceptors (Lipinski definition) is 9. The molecule has 0 bridgehead atoms. The maximum Gasteiger partial charge on any atom is 0.247 e. The van der Waals surface area contributed by atoms with Crippen LogP contribution < -0.4 is 25.3 Å². The van der Waals surface area contributed by atoms with Crippen LogP contribution in [0.25, 0.3) is 0 Å². The predicted molar refractivity (Wildman–Crippen MR) is 154 cm³/mol. The van der Waals surface area contributed by atoms with E-state index >= 15 is 0 Å². The van der Waals surface area contributed by atoms with Crippen LogP contribution in [-0.2, 0) is 9.63 Å². The Hall–Kier alpha value is -4.29. The minimum absolute atomic E-state index is 0.189. The number of nitrogens with one attached hydrogen (secondary N) is 2. The summed E-state index contributed by atoms with van der Waals surface area (Å²) in [7, 11) is 3.66. The lowest BCUT2D eigenvalue weighted by atomic mass is 10.0. The van der Waals surface area contributed by atoms with Gasteiger partial charge in [0.2, 0.25) is 5.91 Å². The number of halogens is 2. The summed E-state index contributed by atoms with van der Waals surface area (Å²) in [6.45, 7) is 8.58. The topological polar surface area (TPSA) is 95.1 Å². The number of anilines is 5. The number of benzene rings is 2. The molecule has 41 heavy (non-hydrogen) atoms. The number of amides is 1. The lowest BCUT2D eigenvalue weighted by Crippen LogP contribution is -2.50. The lowest BCUT2D eigenvalue weighted by Gasteiger charge is -2.40. The number of piperazine rings is 1. The molecule has 5 rings (SSSR count). The molecule has 2 aromatic carbocycles. The average molecular weight is 566 g/mol. The van der Waals surface area contributed by atoms with Crippen LogP contribution >= 0.6 is 0 Å². The van der Waals surface area contributed by atoms with E-state index in [1.54, 1.807) is 19.2 Å². The Morgan fingerprint density at radius 1 is 1.20 bits per heavy atom. The minimum Gasteiger partial charge on any atom is -0.494 e. The highest BCUT2D eigenvalue weighted by atomic mass is 19.2. The zero-order valence-corrected chi connectivity index (χ0v) is 23.2. The van der Waals surface area contributed by atoms with Crippen LogP contribution in [-0.4, -0.2) is 67.2 Å². The number of hydroxylamine groups is 1. The molecule has 0 aliphatic carbocycles. The van der Waals surface area contributed by atoms with E-state index in [9.17, 15) is 13.6 Å². The molecule has 10 nitrogen and oxygen atoms in total. The largest absolute Gasteiger partial charge is 0.494 e. The number of ether oxygens (including phenoxy) is 1. The Kier molecular flexibility index (Phi) is 8.31. The molecular weight excluding hydrogens is 532 g/mol. The molecule has 2 fully saturated rings. The van der Waals surface area contributed by atoms with E-state index in [1.165, 1.54) is 29.6 Å². The van der Waals surface area contributed by atoms with Crippen LogP contribution in [0.15, 0.2) is 55.4 Å². The molecule has 0 unspecified atom stereocenters. The Morgan fingerprint density at radius 2 is 2.02 bits per heavy atom. The zero-order chi connectivity index (χ0) is 29.1. The van der Waals surface area contributed by atoms with E-state index in [-0.39, 0.29) is 17.5 Å². The fraction of sp³-hybridized carbons (Fsp3) is 0.345. The van der Waals surface area contributed by atoms with Crippen molar-refractivity contribution in [2.24, 2.45) is 0 Å². The molecule has 2 aliphatic rings. The highest BCUT2D eigenvalue weighted by molar-refractivity contribution is 6.02. The van der Waals surface area contributed by atoms with E-state index < -0.39 is 17.7 Å². The second kappa shape index (κ2) is 12.1. The molecule has 1 amide bonds. The Morgan fingerprint density at radius 3 is 2.78 bits per heavy atom. The molecular formula is C29H33F2N7O3. The number of hydrogen-bond donors (Lipinski definition) is 2. The van der Waals surface area contributed by atoms with Gasteiger partial charge < -0.3 is 25.2 Å². The van der Waals surface area contributed by atoms with Crippen LogP contribution in [0.5, 0.6) is 5.75 Å². The van der Waals surface area contributed by atoms with Gasteiger partial charge in [0.15, 0.2) is 17.5 Å². The number of nitrogens with zero attached hydrogens (tertiary/aromatic N) is 5. The maximum atomic E-state index is 14.6. The highest BCUT2D eigenvalue weighted by Gasteiger charge is 2.32. The van der Waals surface area contributed by atoms with E-state index in [2.05, 4.69) is 51.0 Å². The monoisotopic (exact) mass is 565 g/mol. The van der Waals surface area contributed by atoms with Gasteiger partial charge in [0.25, 0.3) is 0 Å². The van der Waals surface area contributed by atoms with E-state index in [0.29, 0.717) is 41.8 Å². The summed E-state index contributed by atoms with van der Waals surface area (Å²) in [6.07, 6.45) is 3.03. The van der Waals surface area contributed by atoms with Crippen LogP contribution in [0.3, 0.4) is 0 Å². The summed E-state index contributed by atoms with van der Waals surface area (Å²) in [5.74, 6) is -0.843. The minimum atomic E-state index is -0.916. The molecule has 2 saturated heterocycles. The van der Waals surface area contributed by atoms with Gasteiger partial charge in [-0.05, 0) is 32.2 Å². The summed E-state index contributed by atoms with van der Waals surface area (Å²) in [5.41, 5.74) is 2.16. The quantitative estimate of drug-likeness (QED) is 0.379. The summed E-state index contributed by atoms with van der Waals surface area (Å²) in [5, 5.41) is 7.64. The molecule has 0 spiro atoms. The van der Waals surface area contributed by atoms with Gasteiger partial charge >= 0.3 is 0 Å². The summed E-state index contributed by atoms with van der Waals surface area (Å²) >= 11 is 0. The maximum absolute atomic E-state index is 14.6. The third-order valence-electron chi connectivity index (χ3n) is 7.29. The fourth-order valence-corrected chi connectivity index (χ4v) is 5.28. The summed E-state index contributed by atoms with van der Waals surface area (Å²) < 4.78 is 34.3. The number of carbonyl (C=O) groups excluding carboxylic acids is 1. The first-order chi connectivity index (χ1) is 19.8. The van der Waals surface area contributed by atoms with Gasteiger partial charge in [-0.3, -0.25) is 9.63 Å². The van der Waals surface area contributed by atoms with Crippen LogP contribution in [0.2, 0.25) is 0 Å². The van der Waals surface area contributed by atoms with Gasteiger partial charge in [-0.25, -0.2) is 23.8 Å². The van der Waals surface area contributed by atoms with Gasteiger partial charge in [-0.15, -0.1) is 0 Å². The first-order valence-corrected chi connectivity index (χ1v) is 13.3. The number of likely N-dealkylation sites (N-methyl/N-ethyl adjacent to an activating group) is 1. The van der Waals surface area contributed by atoms with E-state index in [0.717, 1.165) is 31.4 Å². The average Bonchev–Trinajstić information content (AvgIpc) is 3.45. The molecule has 2 aliphatic heterocycles. The van der Waals surface area contributed by atoms with Crippen molar-refractivity contribution in [1.82, 2.24) is 14.9 Å². The first kappa shape index (κ1) is 28.2. The van der Waals surface area contributed by atoms with Crippen LogP contribution in [0, 0.1) is 11.6 Å². The molecule has 12 heteroatoms. The highest BCUT2D eigenvalue weighted by Crippen LogP contribution is 2.41. The summed E-state index contributed by atoms with van der Waals surface area (Å²) in [4.78, 5) is 31.3. The van der Waals surface area contributed by atoms with Gasteiger partial charge in [-0.2, -0.15) is 0 Å². The lowest BCUT2D eigenvalue weighted by molar-refractivity contribution is -0.111. The van der Waals surface area contributed by atoms with Gasteiger partial charge in [0, 0.05) is 49.8 Å². The first-order valence-electron chi connectivity index (χ1n) is 13.3. The summed E-state index contributed by atoms with van der Waals surface area (Å²) in [6, 6.07) is 9.06. The molecule has 0 saturated carbocycles.